The van der Waals surface area contributed by atoms with Crippen LogP contribution < -0.4 is 0 Å². The molecule has 0 aromatic carbocycles. The number of hydrogen-bond acceptors (Lipinski definition) is 6. The molecule has 4 atom stereocenters. The van der Waals surface area contributed by atoms with E-state index in [-0.39, 0.29) is 0 Å². The maximum Gasteiger partial charge on any atom is 0.0444 e. The van der Waals surface area contributed by atoms with Crippen molar-refractivity contribution in [2.24, 2.45) is 0 Å². The Bertz CT molecular complexity index is 164. The van der Waals surface area contributed by atoms with Crippen molar-refractivity contribution in [3.63, 3.8) is 0 Å². The first-order chi connectivity index (χ1) is 7.59. The Kier molecular flexibility index (Phi) is 9.16. The van der Waals surface area contributed by atoms with Crippen molar-refractivity contribution in [2.75, 3.05) is 23.0 Å². The van der Waals surface area contributed by atoms with E-state index >= 15 is 0 Å². The standard InChI is InChI=1S/C10H20S6/c1-7(11)15-5-9-10(6-16-8(2)12)14-4-3-13-9/h7-12H,3-6H2,1-2H3. The summed E-state index contributed by atoms with van der Waals surface area (Å²) in [6, 6.07) is 0. The van der Waals surface area contributed by atoms with Crippen LogP contribution in [0.1, 0.15) is 13.8 Å². The third-order valence-electron chi connectivity index (χ3n) is 2.17. The molecule has 0 N–H and O–H groups in total. The zero-order valence-corrected chi connectivity index (χ0v) is 14.7. The van der Waals surface area contributed by atoms with Crippen LogP contribution in [0.2, 0.25) is 0 Å². The third kappa shape index (κ3) is 6.88. The summed E-state index contributed by atoms with van der Waals surface area (Å²) in [4.78, 5) is 0. The predicted octanol–water partition coefficient (Wildman–Crippen LogP) is 4.22. The Morgan fingerprint density at radius 3 is 1.69 bits per heavy atom. The van der Waals surface area contributed by atoms with E-state index in [1.54, 1.807) is 0 Å². The molecule has 0 aliphatic carbocycles. The Morgan fingerprint density at radius 1 is 1.00 bits per heavy atom. The third-order valence-corrected chi connectivity index (χ3v) is 8.71. The van der Waals surface area contributed by atoms with Gasteiger partial charge in [0.05, 0.1) is 0 Å². The van der Waals surface area contributed by atoms with Crippen LogP contribution >= 0.6 is 72.3 Å². The van der Waals surface area contributed by atoms with Crippen molar-refractivity contribution >= 4 is 72.3 Å². The fourth-order valence-corrected chi connectivity index (χ4v) is 7.26. The molecule has 16 heavy (non-hydrogen) atoms. The molecule has 0 spiro atoms. The monoisotopic (exact) mass is 332 g/mol. The lowest BCUT2D eigenvalue weighted by Crippen LogP contribution is -2.30. The van der Waals surface area contributed by atoms with Crippen molar-refractivity contribution in [3.8, 4) is 0 Å². The van der Waals surface area contributed by atoms with E-state index < -0.39 is 0 Å². The molecule has 0 aromatic rings. The molecule has 1 aliphatic heterocycles. The normalized spacial score (nSPS) is 30.0. The Labute approximate surface area is 128 Å². The van der Waals surface area contributed by atoms with Gasteiger partial charge in [-0.15, -0.1) is 23.5 Å². The average molecular weight is 333 g/mol. The fourth-order valence-electron chi connectivity index (χ4n) is 1.39. The topological polar surface area (TPSA) is 0 Å². The molecule has 0 radical (unpaired) electrons. The Balaban J connectivity index is 2.31. The van der Waals surface area contributed by atoms with E-state index in [1.165, 1.54) is 23.0 Å². The highest BCUT2D eigenvalue weighted by atomic mass is 32.2. The van der Waals surface area contributed by atoms with Gasteiger partial charge in [-0.3, -0.25) is 0 Å². The molecule has 0 amide bonds. The van der Waals surface area contributed by atoms with E-state index in [0.717, 1.165) is 10.5 Å². The van der Waals surface area contributed by atoms with Crippen molar-refractivity contribution in [1.29, 1.82) is 0 Å². The van der Waals surface area contributed by atoms with Gasteiger partial charge in [-0.2, -0.15) is 48.8 Å². The minimum atomic E-state index is 0.463. The molecule has 4 unspecified atom stereocenters. The predicted molar refractivity (Wildman–Crippen MR) is 94.3 cm³/mol. The highest BCUT2D eigenvalue weighted by Crippen LogP contribution is 2.37. The summed E-state index contributed by atoms with van der Waals surface area (Å²) in [6.07, 6.45) is 0. The van der Waals surface area contributed by atoms with Gasteiger partial charge in [-0.1, -0.05) is 0 Å². The minimum Gasteiger partial charge on any atom is -0.165 e. The summed E-state index contributed by atoms with van der Waals surface area (Å²) >= 11 is 17.1. The highest BCUT2D eigenvalue weighted by molar-refractivity contribution is 8.13. The van der Waals surface area contributed by atoms with Gasteiger partial charge < -0.3 is 0 Å². The summed E-state index contributed by atoms with van der Waals surface area (Å²) in [6.45, 7) is 4.32. The van der Waals surface area contributed by atoms with Crippen LogP contribution in [0.3, 0.4) is 0 Å². The van der Waals surface area contributed by atoms with E-state index in [4.69, 9.17) is 0 Å². The van der Waals surface area contributed by atoms with Crippen LogP contribution in [0.4, 0.5) is 0 Å². The summed E-state index contributed by atoms with van der Waals surface area (Å²) in [5.74, 6) is 5.12. The quantitative estimate of drug-likeness (QED) is 0.552. The van der Waals surface area contributed by atoms with Crippen LogP contribution in [0, 0.1) is 0 Å². The summed E-state index contributed by atoms with van der Waals surface area (Å²) in [5.41, 5.74) is 0. The average Bonchev–Trinajstić information content (AvgIpc) is 2.24. The van der Waals surface area contributed by atoms with Gasteiger partial charge in [0.15, 0.2) is 0 Å². The van der Waals surface area contributed by atoms with Gasteiger partial charge in [0.25, 0.3) is 0 Å². The molecule has 0 saturated carbocycles. The number of hydrogen-bond donors (Lipinski definition) is 2. The second-order valence-electron chi connectivity index (χ2n) is 3.68. The van der Waals surface area contributed by atoms with Gasteiger partial charge in [0, 0.05) is 42.7 Å². The second kappa shape index (κ2) is 9.08. The molecule has 0 nitrogen and oxygen atoms in total. The molecule has 6 heteroatoms. The molecule has 1 saturated heterocycles. The van der Waals surface area contributed by atoms with Gasteiger partial charge >= 0.3 is 0 Å². The fraction of sp³-hybridized carbons (Fsp3) is 1.00. The molecule has 0 aromatic heterocycles. The summed E-state index contributed by atoms with van der Waals surface area (Å²) < 4.78 is 0.925. The first-order valence-electron chi connectivity index (χ1n) is 5.42. The van der Waals surface area contributed by atoms with Crippen molar-refractivity contribution in [3.05, 3.63) is 0 Å². The molecular weight excluding hydrogens is 313 g/mol. The number of rotatable bonds is 6. The lowest BCUT2D eigenvalue weighted by atomic mass is 10.3. The zero-order chi connectivity index (χ0) is 12.0. The highest BCUT2D eigenvalue weighted by Gasteiger charge is 2.26. The molecule has 1 fully saturated rings. The van der Waals surface area contributed by atoms with Crippen molar-refractivity contribution in [2.45, 2.75) is 33.5 Å². The van der Waals surface area contributed by atoms with Crippen LogP contribution in [0.15, 0.2) is 0 Å². The molecule has 1 rings (SSSR count). The SMILES string of the molecule is CC(S)SCC1SCCSC1CSC(C)S. The zero-order valence-electron chi connectivity index (χ0n) is 9.67. The lowest BCUT2D eigenvalue weighted by Gasteiger charge is -2.31. The van der Waals surface area contributed by atoms with Crippen molar-refractivity contribution < 1.29 is 0 Å². The van der Waals surface area contributed by atoms with Crippen LogP contribution in [-0.4, -0.2) is 42.7 Å². The van der Waals surface area contributed by atoms with E-state index in [1.807, 2.05) is 23.5 Å². The molecule has 1 heterocycles. The lowest BCUT2D eigenvalue weighted by molar-refractivity contribution is 0.938. The van der Waals surface area contributed by atoms with Gasteiger partial charge in [0.2, 0.25) is 0 Å². The number of thiol groups is 2. The first-order valence-corrected chi connectivity index (χ1v) is 10.6. The van der Waals surface area contributed by atoms with Crippen LogP contribution in [0.5, 0.6) is 0 Å². The van der Waals surface area contributed by atoms with E-state index in [2.05, 4.69) is 62.6 Å². The molecule has 96 valence electrons. The summed E-state index contributed by atoms with van der Waals surface area (Å²) in [7, 11) is 0. The van der Waals surface area contributed by atoms with Crippen LogP contribution in [-0.2, 0) is 0 Å². The molecular formula is C10H20S6. The Hall–Kier alpha value is 2.10. The van der Waals surface area contributed by atoms with E-state index in [9.17, 15) is 0 Å². The molecule has 1 aliphatic rings. The van der Waals surface area contributed by atoms with Crippen molar-refractivity contribution in [1.82, 2.24) is 0 Å². The van der Waals surface area contributed by atoms with E-state index in [0.29, 0.717) is 9.16 Å². The maximum atomic E-state index is 4.44. The smallest absolute Gasteiger partial charge is 0.0444 e. The minimum absolute atomic E-state index is 0.463. The largest absolute Gasteiger partial charge is 0.165 e. The van der Waals surface area contributed by atoms with Gasteiger partial charge in [-0.05, 0) is 13.8 Å². The first kappa shape index (κ1) is 16.2. The maximum absolute atomic E-state index is 4.44. The summed E-state index contributed by atoms with van der Waals surface area (Å²) in [5, 5.41) is 1.61. The van der Waals surface area contributed by atoms with Gasteiger partial charge in [0.1, 0.15) is 0 Å². The second-order valence-corrected chi connectivity index (χ2v) is 11.4. The number of thioether (sulfide) groups is 4. The molecule has 0 bridgehead atoms. The Morgan fingerprint density at radius 2 is 1.38 bits per heavy atom. The van der Waals surface area contributed by atoms with Gasteiger partial charge in [-0.25, -0.2) is 0 Å². The van der Waals surface area contributed by atoms with Crippen LogP contribution in [0.25, 0.3) is 0 Å².